The molecule has 0 saturated carbocycles. The van der Waals surface area contributed by atoms with Gasteiger partial charge >= 0.3 is 11.9 Å². The summed E-state index contributed by atoms with van der Waals surface area (Å²) >= 11 is 1.31. The minimum Gasteiger partial charge on any atom is -0.462 e. The van der Waals surface area contributed by atoms with E-state index in [1.807, 2.05) is 55.8 Å². The van der Waals surface area contributed by atoms with Crippen molar-refractivity contribution < 1.29 is 19.1 Å². The van der Waals surface area contributed by atoms with Crippen molar-refractivity contribution in [3.63, 3.8) is 0 Å². The number of nitrogens with zero attached hydrogens (tertiary/aromatic N) is 2. The number of aromatic nitrogens is 2. The zero-order valence-electron chi connectivity index (χ0n) is 14.7. The Kier molecular flexibility index (Phi) is 3.84. The molecule has 0 bridgehead atoms. The summed E-state index contributed by atoms with van der Waals surface area (Å²) in [7, 11) is 0. The van der Waals surface area contributed by atoms with E-state index in [0.29, 0.717) is 4.88 Å². The number of fused-ring (bicyclic) bond motifs is 1. The SMILES string of the molecule is Cc1nn(-c2ccccc2)c2sc(C(=O)O[C@H]3C(=O)OCC3(C)C)cc12. The zero-order valence-corrected chi connectivity index (χ0v) is 15.5. The van der Waals surface area contributed by atoms with E-state index in [1.54, 1.807) is 6.07 Å². The first kappa shape index (κ1) is 16.8. The number of carbonyl (C=O) groups is 2. The Morgan fingerprint density at radius 3 is 2.73 bits per heavy atom. The summed E-state index contributed by atoms with van der Waals surface area (Å²) < 4.78 is 12.3. The molecule has 1 aromatic carbocycles. The summed E-state index contributed by atoms with van der Waals surface area (Å²) in [6.07, 6.45) is -0.882. The standard InChI is InChI=1S/C19H18N2O4S/c1-11-13-9-14(17(22)25-15-18(23)24-10-19(15,2)3)26-16(13)21(20-11)12-7-5-4-6-8-12/h4-9,15H,10H2,1-3H3/t15-/m0/s1. The lowest BCUT2D eigenvalue weighted by molar-refractivity contribution is -0.145. The van der Waals surface area contributed by atoms with Gasteiger partial charge in [-0.15, -0.1) is 11.3 Å². The van der Waals surface area contributed by atoms with Crippen LogP contribution in [0.4, 0.5) is 0 Å². The topological polar surface area (TPSA) is 70.4 Å². The van der Waals surface area contributed by atoms with Crippen molar-refractivity contribution in [2.45, 2.75) is 26.9 Å². The van der Waals surface area contributed by atoms with Gasteiger partial charge in [0.2, 0.25) is 6.10 Å². The Balaban J connectivity index is 1.68. The molecule has 6 nitrogen and oxygen atoms in total. The molecule has 0 N–H and O–H groups in total. The third kappa shape index (κ3) is 2.68. The molecule has 0 aliphatic carbocycles. The number of rotatable bonds is 3. The van der Waals surface area contributed by atoms with Crippen LogP contribution in [0.2, 0.25) is 0 Å². The van der Waals surface area contributed by atoms with Gasteiger partial charge in [0, 0.05) is 10.8 Å². The molecule has 134 valence electrons. The molecule has 1 atom stereocenters. The predicted octanol–water partition coefficient (Wildman–Crippen LogP) is 3.50. The van der Waals surface area contributed by atoms with Gasteiger partial charge < -0.3 is 9.47 Å². The molecule has 4 rings (SSSR count). The van der Waals surface area contributed by atoms with Crippen molar-refractivity contribution in [1.82, 2.24) is 9.78 Å². The highest BCUT2D eigenvalue weighted by Gasteiger charge is 2.46. The van der Waals surface area contributed by atoms with Crippen molar-refractivity contribution in [1.29, 1.82) is 0 Å². The van der Waals surface area contributed by atoms with Crippen molar-refractivity contribution in [3.8, 4) is 5.69 Å². The van der Waals surface area contributed by atoms with Crippen molar-refractivity contribution >= 4 is 33.5 Å². The summed E-state index contributed by atoms with van der Waals surface area (Å²) in [5.41, 5.74) is 1.23. The fraction of sp³-hybridized carbons (Fsp3) is 0.316. The molecule has 1 aliphatic rings. The smallest absolute Gasteiger partial charge is 0.349 e. The van der Waals surface area contributed by atoms with Crippen LogP contribution < -0.4 is 0 Å². The quantitative estimate of drug-likeness (QED) is 0.660. The van der Waals surface area contributed by atoms with Crippen LogP contribution in [0.5, 0.6) is 0 Å². The molecule has 0 spiro atoms. The molecule has 3 heterocycles. The van der Waals surface area contributed by atoms with Crippen LogP contribution in [-0.4, -0.2) is 34.4 Å². The minimum atomic E-state index is -0.882. The second-order valence-corrected chi connectivity index (χ2v) is 8.07. The Morgan fingerprint density at radius 1 is 1.35 bits per heavy atom. The average Bonchev–Trinajstić information content (AvgIpc) is 3.25. The van der Waals surface area contributed by atoms with Crippen LogP contribution in [0, 0.1) is 12.3 Å². The predicted molar refractivity (Wildman–Crippen MR) is 97.6 cm³/mol. The molecule has 0 amide bonds. The minimum absolute atomic E-state index is 0.248. The van der Waals surface area contributed by atoms with E-state index in [-0.39, 0.29) is 6.61 Å². The van der Waals surface area contributed by atoms with Gasteiger partial charge in [0.25, 0.3) is 0 Å². The lowest BCUT2D eigenvalue weighted by Gasteiger charge is -2.21. The van der Waals surface area contributed by atoms with Crippen LogP contribution >= 0.6 is 11.3 Å². The number of aryl methyl sites for hydroxylation is 1. The molecule has 1 saturated heterocycles. The van der Waals surface area contributed by atoms with Crippen LogP contribution in [0.15, 0.2) is 36.4 Å². The highest BCUT2D eigenvalue weighted by atomic mass is 32.1. The summed E-state index contributed by atoms with van der Waals surface area (Å²) in [4.78, 5) is 25.8. The van der Waals surface area contributed by atoms with Gasteiger partial charge in [-0.25, -0.2) is 14.3 Å². The van der Waals surface area contributed by atoms with Crippen LogP contribution in [0.25, 0.3) is 15.9 Å². The molecular weight excluding hydrogens is 352 g/mol. The van der Waals surface area contributed by atoms with E-state index < -0.39 is 23.5 Å². The van der Waals surface area contributed by atoms with Crippen molar-refractivity contribution in [2.75, 3.05) is 6.61 Å². The summed E-state index contributed by atoms with van der Waals surface area (Å²) in [5.74, 6) is -1.00. The number of cyclic esters (lactones) is 1. The molecule has 26 heavy (non-hydrogen) atoms. The van der Waals surface area contributed by atoms with E-state index in [9.17, 15) is 9.59 Å². The Hall–Kier alpha value is -2.67. The zero-order chi connectivity index (χ0) is 18.5. The fourth-order valence-electron chi connectivity index (χ4n) is 2.99. The van der Waals surface area contributed by atoms with Gasteiger partial charge in [0.15, 0.2) is 0 Å². The fourth-order valence-corrected chi connectivity index (χ4v) is 4.06. The summed E-state index contributed by atoms with van der Waals surface area (Å²) in [6, 6.07) is 11.5. The van der Waals surface area contributed by atoms with Gasteiger partial charge in [-0.05, 0) is 25.1 Å². The molecular formula is C19H18N2O4S. The van der Waals surface area contributed by atoms with Crippen molar-refractivity contribution in [3.05, 3.63) is 47.0 Å². The van der Waals surface area contributed by atoms with E-state index in [1.165, 1.54) is 11.3 Å². The Labute approximate surface area is 154 Å². The highest BCUT2D eigenvalue weighted by Crippen LogP contribution is 2.34. The van der Waals surface area contributed by atoms with E-state index in [0.717, 1.165) is 21.6 Å². The number of ether oxygens (including phenoxy) is 2. The first-order valence-electron chi connectivity index (χ1n) is 8.29. The first-order chi connectivity index (χ1) is 12.4. The lowest BCUT2D eigenvalue weighted by Crippen LogP contribution is -2.34. The van der Waals surface area contributed by atoms with E-state index in [2.05, 4.69) is 5.10 Å². The number of carbonyl (C=O) groups excluding carboxylic acids is 2. The average molecular weight is 370 g/mol. The normalized spacial score (nSPS) is 18.9. The number of para-hydroxylation sites is 1. The maximum atomic E-state index is 12.6. The number of benzene rings is 1. The third-order valence-corrected chi connectivity index (χ3v) is 5.57. The molecule has 7 heteroatoms. The van der Waals surface area contributed by atoms with Gasteiger partial charge in [0.05, 0.1) is 11.4 Å². The molecule has 3 aromatic rings. The Bertz CT molecular complexity index is 1000. The van der Waals surface area contributed by atoms with Gasteiger partial charge in [-0.2, -0.15) is 5.10 Å². The number of hydrogen-bond donors (Lipinski definition) is 0. The molecule has 0 unspecified atom stereocenters. The maximum absolute atomic E-state index is 12.6. The van der Waals surface area contributed by atoms with Crippen LogP contribution in [0.1, 0.15) is 29.2 Å². The summed E-state index contributed by atoms with van der Waals surface area (Å²) in [5, 5.41) is 5.46. The van der Waals surface area contributed by atoms with Gasteiger partial charge in [0.1, 0.15) is 16.3 Å². The van der Waals surface area contributed by atoms with Crippen LogP contribution in [0.3, 0.4) is 0 Å². The van der Waals surface area contributed by atoms with E-state index in [4.69, 9.17) is 9.47 Å². The second kappa shape index (κ2) is 5.95. The van der Waals surface area contributed by atoms with Crippen molar-refractivity contribution in [2.24, 2.45) is 5.41 Å². The Morgan fingerprint density at radius 2 is 2.08 bits per heavy atom. The number of esters is 2. The first-order valence-corrected chi connectivity index (χ1v) is 9.11. The number of thiophene rings is 1. The third-order valence-electron chi connectivity index (χ3n) is 4.48. The lowest BCUT2D eigenvalue weighted by atomic mass is 9.90. The molecule has 1 fully saturated rings. The van der Waals surface area contributed by atoms with Gasteiger partial charge in [-0.1, -0.05) is 32.0 Å². The second-order valence-electron chi connectivity index (χ2n) is 7.04. The molecule has 2 aromatic heterocycles. The summed E-state index contributed by atoms with van der Waals surface area (Å²) in [6.45, 7) is 5.84. The molecule has 1 aliphatic heterocycles. The van der Waals surface area contributed by atoms with Gasteiger partial charge in [-0.3, -0.25) is 0 Å². The largest absolute Gasteiger partial charge is 0.462 e. The van der Waals surface area contributed by atoms with E-state index >= 15 is 0 Å². The van der Waals surface area contributed by atoms with Crippen LogP contribution in [-0.2, 0) is 14.3 Å². The number of hydrogen-bond acceptors (Lipinski definition) is 6. The monoisotopic (exact) mass is 370 g/mol. The molecule has 0 radical (unpaired) electrons. The highest BCUT2D eigenvalue weighted by molar-refractivity contribution is 7.20. The maximum Gasteiger partial charge on any atom is 0.349 e.